The highest BCUT2D eigenvalue weighted by Crippen LogP contribution is 2.35. The van der Waals surface area contributed by atoms with Crippen LogP contribution in [0.1, 0.15) is 29.9 Å². The maximum Gasteiger partial charge on any atom is 0.416 e. The standard InChI is InChI=1S/C15H19F3N2O/c1-21-7-5-10(4-6-19)13-9-20-14-8-11(15(16,17)18)2-3-12(13)14/h2-3,8-10,20H,4-7,19H2,1H3. The summed E-state index contributed by atoms with van der Waals surface area (Å²) in [7, 11) is 1.63. The molecule has 0 saturated heterocycles. The molecule has 1 heterocycles. The molecule has 21 heavy (non-hydrogen) atoms. The van der Waals surface area contributed by atoms with Crippen molar-refractivity contribution >= 4 is 10.9 Å². The van der Waals surface area contributed by atoms with E-state index in [0.717, 1.165) is 35.9 Å². The van der Waals surface area contributed by atoms with Crippen LogP contribution in [-0.2, 0) is 10.9 Å². The number of hydrogen-bond acceptors (Lipinski definition) is 2. The molecule has 0 saturated carbocycles. The van der Waals surface area contributed by atoms with E-state index in [1.54, 1.807) is 13.3 Å². The molecule has 1 aromatic heterocycles. The molecule has 0 aliphatic carbocycles. The number of nitrogens with one attached hydrogen (secondary N) is 1. The number of fused-ring (bicyclic) bond motifs is 1. The van der Waals surface area contributed by atoms with Gasteiger partial charge in [0, 0.05) is 30.8 Å². The Balaban J connectivity index is 2.36. The van der Waals surface area contributed by atoms with E-state index in [0.29, 0.717) is 18.7 Å². The summed E-state index contributed by atoms with van der Waals surface area (Å²) in [6.45, 7) is 1.12. The number of halogens is 3. The highest BCUT2D eigenvalue weighted by atomic mass is 19.4. The second kappa shape index (κ2) is 6.49. The molecular weight excluding hydrogens is 281 g/mol. The van der Waals surface area contributed by atoms with E-state index in [2.05, 4.69) is 4.98 Å². The molecule has 1 atom stereocenters. The summed E-state index contributed by atoms with van der Waals surface area (Å²) in [5.74, 6) is 0.181. The molecule has 2 rings (SSSR count). The third-order valence-corrected chi connectivity index (χ3v) is 3.67. The van der Waals surface area contributed by atoms with Gasteiger partial charge in [-0.15, -0.1) is 0 Å². The van der Waals surface area contributed by atoms with Crippen molar-refractivity contribution in [3.05, 3.63) is 35.5 Å². The number of aromatic nitrogens is 1. The van der Waals surface area contributed by atoms with Gasteiger partial charge >= 0.3 is 6.18 Å². The van der Waals surface area contributed by atoms with Crippen molar-refractivity contribution in [1.82, 2.24) is 4.98 Å². The number of H-pyrrole nitrogens is 1. The summed E-state index contributed by atoms with van der Waals surface area (Å²) < 4.78 is 43.3. The van der Waals surface area contributed by atoms with Crippen molar-refractivity contribution in [2.75, 3.05) is 20.3 Å². The van der Waals surface area contributed by atoms with Gasteiger partial charge in [0.05, 0.1) is 5.56 Å². The Bertz CT molecular complexity index is 592. The van der Waals surface area contributed by atoms with Crippen LogP contribution in [0.3, 0.4) is 0 Å². The molecule has 116 valence electrons. The molecule has 0 aliphatic rings. The van der Waals surface area contributed by atoms with Crippen LogP contribution >= 0.6 is 0 Å². The third-order valence-electron chi connectivity index (χ3n) is 3.67. The lowest BCUT2D eigenvalue weighted by Gasteiger charge is -2.15. The summed E-state index contributed by atoms with van der Waals surface area (Å²) >= 11 is 0. The van der Waals surface area contributed by atoms with Crippen LogP contribution in [0.25, 0.3) is 10.9 Å². The van der Waals surface area contributed by atoms with E-state index in [4.69, 9.17) is 10.5 Å². The second-order valence-corrected chi connectivity index (χ2v) is 5.06. The summed E-state index contributed by atoms with van der Waals surface area (Å²) in [4.78, 5) is 2.93. The quantitative estimate of drug-likeness (QED) is 0.855. The fourth-order valence-electron chi connectivity index (χ4n) is 2.58. The minimum atomic E-state index is -4.33. The fourth-order valence-corrected chi connectivity index (χ4v) is 2.58. The molecule has 6 heteroatoms. The van der Waals surface area contributed by atoms with E-state index in [1.807, 2.05) is 0 Å². The maximum atomic E-state index is 12.7. The molecule has 0 radical (unpaired) electrons. The van der Waals surface area contributed by atoms with Gasteiger partial charge in [-0.25, -0.2) is 0 Å². The maximum absolute atomic E-state index is 12.7. The van der Waals surface area contributed by atoms with Gasteiger partial charge < -0.3 is 15.5 Å². The molecule has 0 fully saturated rings. The number of ether oxygens (including phenoxy) is 1. The Morgan fingerprint density at radius 1 is 1.29 bits per heavy atom. The van der Waals surface area contributed by atoms with E-state index in [-0.39, 0.29) is 5.92 Å². The smallest absolute Gasteiger partial charge is 0.385 e. The topological polar surface area (TPSA) is 51.0 Å². The van der Waals surface area contributed by atoms with Crippen molar-refractivity contribution in [1.29, 1.82) is 0 Å². The molecule has 2 aromatic rings. The average molecular weight is 300 g/mol. The van der Waals surface area contributed by atoms with Gasteiger partial charge in [0.15, 0.2) is 0 Å². The average Bonchev–Trinajstić information content (AvgIpc) is 2.85. The lowest BCUT2D eigenvalue weighted by atomic mass is 9.92. The SMILES string of the molecule is COCCC(CCN)c1c[nH]c2cc(C(F)(F)F)ccc12. The fraction of sp³-hybridized carbons (Fsp3) is 0.467. The molecule has 0 aliphatic heterocycles. The first-order valence-corrected chi connectivity index (χ1v) is 6.84. The van der Waals surface area contributed by atoms with Crippen molar-refractivity contribution in [2.45, 2.75) is 24.9 Å². The number of rotatable bonds is 6. The Morgan fingerprint density at radius 2 is 2.05 bits per heavy atom. The molecule has 3 nitrogen and oxygen atoms in total. The molecule has 0 bridgehead atoms. The van der Waals surface area contributed by atoms with Crippen LogP contribution in [0, 0.1) is 0 Å². The second-order valence-electron chi connectivity index (χ2n) is 5.06. The largest absolute Gasteiger partial charge is 0.416 e. The minimum absolute atomic E-state index is 0.181. The van der Waals surface area contributed by atoms with E-state index in [9.17, 15) is 13.2 Å². The molecule has 1 unspecified atom stereocenters. The number of hydrogen-bond donors (Lipinski definition) is 2. The van der Waals surface area contributed by atoms with Gasteiger partial charge in [-0.3, -0.25) is 0 Å². The normalized spacial score (nSPS) is 13.8. The van der Waals surface area contributed by atoms with Gasteiger partial charge in [-0.1, -0.05) is 6.07 Å². The zero-order chi connectivity index (χ0) is 15.5. The Hall–Kier alpha value is -1.53. The zero-order valence-electron chi connectivity index (χ0n) is 11.8. The highest BCUT2D eigenvalue weighted by Gasteiger charge is 2.30. The van der Waals surface area contributed by atoms with E-state index in [1.165, 1.54) is 6.07 Å². The Morgan fingerprint density at radius 3 is 2.67 bits per heavy atom. The van der Waals surface area contributed by atoms with Crippen LogP contribution in [0.2, 0.25) is 0 Å². The van der Waals surface area contributed by atoms with Gasteiger partial charge in [-0.05, 0) is 43.0 Å². The van der Waals surface area contributed by atoms with E-state index < -0.39 is 11.7 Å². The number of benzene rings is 1. The summed E-state index contributed by atoms with van der Waals surface area (Å²) in [5, 5.41) is 0.817. The number of methoxy groups -OCH3 is 1. The predicted octanol–water partition coefficient (Wildman–Crippen LogP) is 3.66. The Kier molecular flexibility index (Phi) is 4.90. The number of alkyl halides is 3. The third kappa shape index (κ3) is 3.57. The van der Waals surface area contributed by atoms with E-state index >= 15 is 0 Å². The lowest BCUT2D eigenvalue weighted by molar-refractivity contribution is -0.137. The van der Waals surface area contributed by atoms with Gasteiger partial charge in [0.2, 0.25) is 0 Å². The van der Waals surface area contributed by atoms with Gasteiger partial charge in [0.25, 0.3) is 0 Å². The Labute approximate surface area is 121 Å². The minimum Gasteiger partial charge on any atom is -0.385 e. The predicted molar refractivity (Wildman–Crippen MR) is 76.2 cm³/mol. The molecule has 3 N–H and O–H groups in total. The van der Waals surface area contributed by atoms with Crippen molar-refractivity contribution in [3.63, 3.8) is 0 Å². The number of aromatic amines is 1. The van der Waals surface area contributed by atoms with Crippen molar-refractivity contribution < 1.29 is 17.9 Å². The number of nitrogens with two attached hydrogens (primary N) is 1. The lowest BCUT2D eigenvalue weighted by Crippen LogP contribution is -2.09. The van der Waals surface area contributed by atoms with Crippen molar-refractivity contribution in [3.8, 4) is 0 Å². The molecule has 1 aromatic carbocycles. The molecule has 0 spiro atoms. The van der Waals surface area contributed by atoms with Crippen LogP contribution in [0.4, 0.5) is 13.2 Å². The first kappa shape index (κ1) is 15.9. The first-order valence-electron chi connectivity index (χ1n) is 6.84. The van der Waals surface area contributed by atoms with Gasteiger partial charge in [-0.2, -0.15) is 13.2 Å². The van der Waals surface area contributed by atoms with Gasteiger partial charge in [0.1, 0.15) is 0 Å². The first-order chi connectivity index (χ1) is 9.97. The monoisotopic (exact) mass is 300 g/mol. The summed E-state index contributed by atoms with van der Waals surface area (Å²) in [5.41, 5.74) is 6.49. The summed E-state index contributed by atoms with van der Waals surface area (Å²) in [6.07, 6.45) is -0.980. The zero-order valence-corrected chi connectivity index (χ0v) is 11.8. The summed E-state index contributed by atoms with van der Waals surface area (Å²) in [6, 6.07) is 3.80. The molecular formula is C15H19F3N2O. The van der Waals surface area contributed by atoms with Crippen LogP contribution in [0.15, 0.2) is 24.4 Å². The van der Waals surface area contributed by atoms with Crippen molar-refractivity contribution in [2.24, 2.45) is 5.73 Å². The van der Waals surface area contributed by atoms with Crippen LogP contribution in [0.5, 0.6) is 0 Å². The highest BCUT2D eigenvalue weighted by molar-refractivity contribution is 5.84. The molecule has 0 amide bonds. The van der Waals surface area contributed by atoms with Crippen LogP contribution in [-0.4, -0.2) is 25.2 Å². The van der Waals surface area contributed by atoms with Crippen LogP contribution < -0.4 is 5.73 Å².